The Kier molecular flexibility index (Phi) is 4.57. The van der Waals surface area contributed by atoms with Crippen LogP contribution in [0.25, 0.3) is 0 Å². The van der Waals surface area contributed by atoms with Gasteiger partial charge in [-0.25, -0.2) is 13.4 Å². The minimum Gasteiger partial charge on any atom is -0.306 e. The summed E-state index contributed by atoms with van der Waals surface area (Å²) in [5.41, 5.74) is 2.15. The van der Waals surface area contributed by atoms with Crippen LogP contribution in [-0.2, 0) is 22.9 Å². The van der Waals surface area contributed by atoms with Crippen molar-refractivity contribution in [3.8, 4) is 0 Å². The van der Waals surface area contributed by atoms with Crippen molar-refractivity contribution in [3.63, 3.8) is 0 Å². The van der Waals surface area contributed by atoms with Crippen molar-refractivity contribution in [3.05, 3.63) is 45.4 Å². The van der Waals surface area contributed by atoms with Gasteiger partial charge in [-0.15, -0.1) is 11.3 Å². The van der Waals surface area contributed by atoms with Crippen molar-refractivity contribution < 1.29 is 8.42 Å². The molecule has 1 heterocycles. The Balaban J connectivity index is 1.91. The van der Waals surface area contributed by atoms with Crippen LogP contribution in [0.4, 0.5) is 0 Å². The van der Waals surface area contributed by atoms with Gasteiger partial charge in [0.25, 0.3) is 0 Å². The van der Waals surface area contributed by atoms with Gasteiger partial charge in [-0.2, -0.15) is 0 Å². The van der Waals surface area contributed by atoms with Gasteiger partial charge in [0.05, 0.1) is 10.6 Å². The normalized spacial score (nSPS) is 11.8. The molecule has 2 rings (SSSR count). The Morgan fingerprint density at radius 2 is 1.80 bits per heavy atom. The van der Waals surface area contributed by atoms with Gasteiger partial charge in [-0.05, 0) is 31.5 Å². The molecule has 0 aliphatic heterocycles. The van der Waals surface area contributed by atoms with Gasteiger partial charge in [0.15, 0.2) is 9.84 Å². The SMILES string of the molecule is Cc1nc(CNCc2ccc(S(C)(=O)=O)cc2)sc1C. The highest BCUT2D eigenvalue weighted by atomic mass is 32.2. The van der Waals surface area contributed by atoms with Gasteiger partial charge in [0, 0.05) is 24.2 Å². The number of nitrogens with zero attached hydrogens (tertiary/aromatic N) is 1. The van der Waals surface area contributed by atoms with E-state index in [0.717, 1.165) is 22.8 Å². The topological polar surface area (TPSA) is 59.1 Å². The summed E-state index contributed by atoms with van der Waals surface area (Å²) in [4.78, 5) is 6.07. The molecule has 0 atom stereocenters. The van der Waals surface area contributed by atoms with Gasteiger partial charge in [-0.3, -0.25) is 0 Å². The third-order valence-corrected chi connectivity index (χ3v) is 5.23. The smallest absolute Gasteiger partial charge is 0.175 e. The maximum Gasteiger partial charge on any atom is 0.175 e. The number of sulfone groups is 1. The summed E-state index contributed by atoms with van der Waals surface area (Å²) in [5.74, 6) is 0. The number of nitrogens with one attached hydrogen (secondary N) is 1. The van der Waals surface area contributed by atoms with E-state index in [-0.39, 0.29) is 0 Å². The molecule has 2 aromatic rings. The lowest BCUT2D eigenvalue weighted by molar-refractivity contribution is 0.602. The average Bonchev–Trinajstić information content (AvgIpc) is 2.68. The molecular formula is C14H18N2O2S2. The number of hydrogen-bond acceptors (Lipinski definition) is 5. The van der Waals surface area contributed by atoms with Crippen molar-refractivity contribution in [1.82, 2.24) is 10.3 Å². The van der Waals surface area contributed by atoms with Crippen LogP contribution in [0.15, 0.2) is 29.2 Å². The second-order valence-electron chi connectivity index (χ2n) is 4.77. The van der Waals surface area contributed by atoms with Crippen LogP contribution in [0.3, 0.4) is 0 Å². The highest BCUT2D eigenvalue weighted by Crippen LogP contribution is 2.16. The number of aryl methyl sites for hydroxylation is 2. The maximum atomic E-state index is 11.4. The Morgan fingerprint density at radius 3 is 2.30 bits per heavy atom. The molecule has 20 heavy (non-hydrogen) atoms. The first kappa shape index (κ1) is 15.2. The molecule has 4 nitrogen and oxygen atoms in total. The lowest BCUT2D eigenvalue weighted by Crippen LogP contribution is -2.12. The Morgan fingerprint density at radius 1 is 1.15 bits per heavy atom. The fourth-order valence-corrected chi connectivity index (χ4v) is 3.32. The summed E-state index contributed by atoms with van der Waals surface area (Å²) in [6, 6.07) is 6.96. The first-order valence-electron chi connectivity index (χ1n) is 6.29. The minimum atomic E-state index is -3.11. The zero-order chi connectivity index (χ0) is 14.8. The molecule has 108 valence electrons. The predicted octanol–water partition coefficient (Wildman–Crippen LogP) is 2.45. The van der Waals surface area contributed by atoms with Crippen molar-refractivity contribution in [1.29, 1.82) is 0 Å². The molecule has 0 aliphatic carbocycles. The molecule has 0 saturated heterocycles. The maximum absolute atomic E-state index is 11.4. The third-order valence-electron chi connectivity index (χ3n) is 3.03. The molecule has 1 aromatic carbocycles. The van der Waals surface area contributed by atoms with Gasteiger partial charge in [0.2, 0.25) is 0 Å². The molecular weight excluding hydrogens is 292 g/mol. The van der Waals surface area contributed by atoms with Gasteiger partial charge >= 0.3 is 0 Å². The highest BCUT2D eigenvalue weighted by Gasteiger charge is 2.06. The second kappa shape index (κ2) is 6.03. The number of rotatable bonds is 5. The van der Waals surface area contributed by atoms with Gasteiger partial charge < -0.3 is 5.32 Å². The number of thiazole rings is 1. The van der Waals surface area contributed by atoms with Crippen LogP contribution >= 0.6 is 11.3 Å². The van der Waals surface area contributed by atoms with E-state index in [2.05, 4.69) is 17.2 Å². The van der Waals surface area contributed by atoms with E-state index in [0.29, 0.717) is 11.4 Å². The molecule has 0 fully saturated rings. The second-order valence-corrected chi connectivity index (χ2v) is 8.07. The van der Waals surface area contributed by atoms with Crippen LogP contribution < -0.4 is 5.32 Å². The first-order valence-corrected chi connectivity index (χ1v) is 8.99. The monoisotopic (exact) mass is 310 g/mol. The third kappa shape index (κ3) is 3.88. The number of benzene rings is 1. The molecule has 0 aliphatic rings. The standard InChI is InChI=1S/C14H18N2O2S2/c1-10-11(2)19-14(16-10)9-15-8-12-4-6-13(7-5-12)20(3,17)18/h4-7,15H,8-9H2,1-3H3. The van der Waals surface area contributed by atoms with E-state index in [1.165, 1.54) is 11.1 Å². The number of aromatic nitrogens is 1. The van der Waals surface area contributed by atoms with Gasteiger partial charge in [0.1, 0.15) is 5.01 Å². The summed E-state index contributed by atoms with van der Waals surface area (Å²) >= 11 is 1.70. The van der Waals surface area contributed by atoms with Crippen molar-refractivity contribution in [2.75, 3.05) is 6.26 Å². The summed E-state index contributed by atoms with van der Waals surface area (Å²) in [6.45, 7) is 5.51. The fourth-order valence-electron chi connectivity index (χ4n) is 1.78. The van der Waals surface area contributed by atoms with Crippen LogP contribution in [0.2, 0.25) is 0 Å². The molecule has 0 saturated carbocycles. The van der Waals surface area contributed by atoms with E-state index in [1.54, 1.807) is 23.5 Å². The summed E-state index contributed by atoms with van der Waals surface area (Å²) in [7, 11) is -3.11. The molecule has 0 radical (unpaired) electrons. The Hall–Kier alpha value is -1.24. The molecule has 1 N–H and O–H groups in total. The lowest BCUT2D eigenvalue weighted by atomic mass is 10.2. The zero-order valence-electron chi connectivity index (χ0n) is 11.8. The molecule has 6 heteroatoms. The van der Waals surface area contributed by atoms with Crippen LogP contribution in [0, 0.1) is 13.8 Å². The highest BCUT2D eigenvalue weighted by molar-refractivity contribution is 7.90. The Labute approximate surface area is 123 Å². The van der Waals surface area contributed by atoms with E-state index in [9.17, 15) is 8.42 Å². The first-order chi connectivity index (χ1) is 9.36. The van der Waals surface area contributed by atoms with Crippen LogP contribution in [0.1, 0.15) is 21.1 Å². The van der Waals surface area contributed by atoms with E-state index in [4.69, 9.17) is 0 Å². The molecule has 0 spiro atoms. The number of hydrogen-bond donors (Lipinski definition) is 1. The Bertz CT molecular complexity index is 669. The van der Waals surface area contributed by atoms with Crippen LogP contribution in [0.5, 0.6) is 0 Å². The van der Waals surface area contributed by atoms with Crippen molar-refractivity contribution in [2.45, 2.75) is 31.8 Å². The van der Waals surface area contributed by atoms with Crippen molar-refractivity contribution in [2.24, 2.45) is 0 Å². The fraction of sp³-hybridized carbons (Fsp3) is 0.357. The lowest BCUT2D eigenvalue weighted by Gasteiger charge is -2.04. The molecule has 0 bridgehead atoms. The largest absolute Gasteiger partial charge is 0.306 e. The van der Waals surface area contributed by atoms with Gasteiger partial charge in [-0.1, -0.05) is 12.1 Å². The quantitative estimate of drug-likeness (QED) is 0.921. The molecule has 1 aromatic heterocycles. The van der Waals surface area contributed by atoms with E-state index >= 15 is 0 Å². The minimum absolute atomic E-state index is 0.354. The summed E-state index contributed by atoms with van der Waals surface area (Å²) in [5, 5.41) is 4.39. The summed E-state index contributed by atoms with van der Waals surface area (Å²) < 4.78 is 22.7. The molecule has 0 unspecified atom stereocenters. The van der Waals surface area contributed by atoms with Crippen LogP contribution in [-0.4, -0.2) is 19.7 Å². The zero-order valence-corrected chi connectivity index (χ0v) is 13.4. The predicted molar refractivity (Wildman–Crippen MR) is 81.7 cm³/mol. The van der Waals surface area contributed by atoms with E-state index in [1.807, 2.05) is 19.1 Å². The van der Waals surface area contributed by atoms with Crippen molar-refractivity contribution >= 4 is 21.2 Å². The molecule has 0 amide bonds. The average molecular weight is 310 g/mol. The van der Waals surface area contributed by atoms with E-state index < -0.39 is 9.84 Å². The summed E-state index contributed by atoms with van der Waals surface area (Å²) in [6.07, 6.45) is 1.22.